The van der Waals surface area contributed by atoms with E-state index in [1.54, 1.807) is 6.92 Å². The largest absolute Gasteiger partial charge is 0.474 e. The van der Waals surface area contributed by atoms with E-state index in [1.807, 2.05) is 6.07 Å². The van der Waals surface area contributed by atoms with E-state index in [0.29, 0.717) is 5.69 Å². The van der Waals surface area contributed by atoms with Crippen molar-refractivity contribution < 1.29 is 9.13 Å². The third-order valence-electron chi connectivity index (χ3n) is 1.46. The van der Waals surface area contributed by atoms with Gasteiger partial charge in [0.15, 0.2) is 6.10 Å². The molecule has 1 atom stereocenters. The van der Waals surface area contributed by atoms with Crippen molar-refractivity contribution in [2.45, 2.75) is 13.0 Å². The minimum absolute atomic E-state index is 0.203. The van der Waals surface area contributed by atoms with Crippen LogP contribution in [0.5, 0.6) is 5.75 Å². The minimum atomic E-state index is -0.635. The highest BCUT2D eigenvalue weighted by molar-refractivity contribution is 5.52. The summed E-state index contributed by atoms with van der Waals surface area (Å²) in [5.41, 5.74) is 5.81. The molecular weight excluding hydrogens is 171 g/mol. The van der Waals surface area contributed by atoms with Gasteiger partial charge in [0.25, 0.3) is 0 Å². The number of nitrogens with zero attached hydrogens (tertiary/aromatic N) is 1. The number of hydrogen-bond donors (Lipinski definition) is 1. The standard InChI is InChI=1S/C9H9FN2O/c1-6(5-11)13-9-4-7(10)2-3-8(9)12/h2-4,6H,12H2,1H3/t6-/m1/s1. The van der Waals surface area contributed by atoms with Crippen LogP contribution in [-0.4, -0.2) is 6.10 Å². The smallest absolute Gasteiger partial charge is 0.181 e. The van der Waals surface area contributed by atoms with Crippen molar-refractivity contribution in [3.63, 3.8) is 0 Å². The molecule has 1 rings (SSSR count). The second-order valence-corrected chi connectivity index (χ2v) is 2.57. The van der Waals surface area contributed by atoms with Crippen molar-refractivity contribution in [3.05, 3.63) is 24.0 Å². The fourth-order valence-electron chi connectivity index (χ4n) is 0.827. The molecule has 0 unspecified atom stereocenters. The molecule has 0 aliphatic rings. The number of hydrogen-bond acceptors (Lipinski definition) is 3. The van der Waals surface area contributed by atoms with Crippen LogP contribution in [0, 0.1) is 17.1 Å². The molecule has 0 spiro atoms. The second-order valence-electron chi connectivity index (χ2n) is 2.57. The van der Waals surface area contributed by atoms with E-state index in [1.165, 1.54) is 12.1 Å². The Kier molecular flexibility index (Phi) is 2.70. The van der Waals surface area contributed by atoms with Crippen LogP contribution < -0.4 is 10.5 Å². The molecule has 0 heterocycles. The number of benzene rings is 1. The maximum atomic E-state index is 12.7. The predicted octanol–water partition coefficient (Wildman–Crippen LogP) is 1.70. The Bertz CT molecular complexity index is 346. The second kappa shape index (κ2) is 3.76. The first-order valence-electron chi connectivity index (χ1n) is 3.75. The van der Waals surface area contributed by atoms with Crippen LogP contribution in [0.1, 0.15) is 6.92 Å². The Labute approximate surface area is 75.5 Å². The molecule has 0 saturated carbocycles. The highest BCUT2D eigenvalue weighted by Gasteiger charge is 2.06. The molecule has 0 radical (unpaired) electrons. The number of nitrogens with two attached hydrogens (primary N) is 1. The van der Waals surface area contributed by atoms with Gasteiger partial charge >= 0.3 is 0 Å². The van der Waals surface area contributed by atoms with Gasteiger partial charge in [-0.05, 0) is 19.1 Å². The molecule has 0 amide bonds. The summed E-state index contributed by atoms with van der Waals surface area (Å²) in [6.45, 7) is 1.56. The van der Waals surface area contributed by atoms with Gasteiger partial charge in [-0.25, -0.2) is 4.39 Å². The molecule has 1 aromatic carbocycles. The Morgan fingerprint density at radius 2 is 2.31 bits per heavy atom. The lowest BCUT2D eigenvalue weighted by molar-refractivity contribution is 0.277. The van der Waals surface area contributed by atoms with Gasteiger partial charge in [-0.15, -0.1) is 0 Å². The molecule has 0 aliphatic carbocycles. The molecule has 13 heavy (non-hydrogen) atoms. The van der Waals surface area contributed by atoms with E-state index < -0.39 is 11.9 Å². The topological polar surface area (TPSA) is 59.0 Å². The van der Waals surface area contributed by atoms with Gasteiger partial charge in [-0.1, -0.05) is 0 Å². The number of nitrogen functional groups attached to an aromatic ring is 1. The van der Waals surface area contributed by atoms with Crippen LogP contribution in [0.4, 0.5) is 10.1 Å². The number of halogens is 1. The zero-order chi connectivity index (χ0) is 9.84. The zero-order valence-corrected chi connectivity index (χ0v) is 7.12. The third-order valence-corrected chi connectivity index (χ3v) is 1.46. The summed E-state index contributed by atoms with van der Waals surface area (Å²) in [5.74, 6) is -0.233. The Hall–Kier alpha value is -1.76. The highest BCUT2D eigenvalue weighted by Crippen LogP contribution is 2.22. The molecule has 0 aliphatic heterocycles. The minimum Gasteiger partial charge on any atom is -0.474 e. The van der Waals surface area contributed by atoms with E-state index in [9.17, 15) is 4.39 Å². The lowest BCUT2D eigenvalue weighted by atomic mass is 10.3. The molecule has 0 fully saturated rings. The Balaban J connectivity index is 2.88. The summed E-state index contributed by atoms with van der Waals surface area (Å²) >= 11 is 0. The summed E-state index contributed by atoms with van der Waals surface area (Å²) < 4.78 is 17.7. The summed E-state index contributed by atoms with van der Waals surface area (Å²) in [6.07, 6.45) is -0.635. The first kappa shape index (κ1) is 9.33. The van der Waals surface area contributed by atoms with Crippen molar-refractivity contribution in [1.29, 1.82) is 5.26 Å². The maximum Gasteiger partial charge on any atom is 0.181 e. The van der Waals surface area contributed by atoms with Gasteiger partial charge in [0.2, 0.25) is 0 Å². The van der Waals surface area contributed by atoms with Gasteiger partial charge in [0.05, 0.1) is 5.69 Å². The third kappa shape index (κ3) is 2.34. The van der Waals surface area contributed by atoms with E-state index in [0.717, 1.165) is 6.07 Å². The number of nitriles is 1. The molecule has 0 aromatic heterocycles. The lowest BCUT2D eigenvalue weighted by Gasteiger charge is -2.09. The summed E-state index contributed by atoms with van der Waals surface area (Å²) in [7, 11) is 0. The van der Waals surface area contributed by atoms with Crippen LogP contribution >= 0.6 is 0 Å². The molecule has 2 N–H and O–H groups in total. The molecule has 0 bridgehead atoms. The summed E-state index contributed by atoms with van der Waals surface area (Å²) in [4.78, 5) is 0. The Morgan fingerprint density at radius 3 is 2.92 bits per heavy atom. The Morgan fingerprint density at radius 1 is 1.62 bits per heavy atom. The zero-order valence-electron chi connectivity index (χ0n) is 7.12. The monoisotopic (exact) mass is 180 g/mol. The predicted molar refractivity (Wildman–Crippen MR) is 46.5 cm³/mol. The normalized spacial score (nSPS) is 11.8. The number of anilines is 1. The molecule has 1 aromatic rings. The fraction of sp³-hybridized carbons (Fsp3) is 0.222. The van der Waals surface area contributed by atoms with Gasteiger partial charge in [0, 0.05) is 6.07 Å². The van der Waals surface area contributed by atoms with Crippen LogP contribution in [0.25, 0.3) is 0 Å². The number of ether oxygens (including phenoxy) is 1. The van der Waals surface area contributed by atoms with E-state index in [-0.39, 0.29) is 5.75 Å². The van der Waals surface area contributed by atoms with Gasteiger partial charge < -0.3 is 10.5 Å². The quantitative estimate of drug-likeness (QED) is 0.704. The van der Waals surface area contributed by atoms with E-state index >= 15 is 0 Å². The van der Waals surface area contributed by atoms with E-state index in [4.69, 9.17) is 15.7 Å². The van der Waals surface area contributed by atoms with Crippen molar-refractivity contribution >= 4 is 5.69 Å². The first-order valence-corrected chi connectivity index (χ1v) is 3.75. The lowest BCUT2D eigenvalue weighted by Crippen LogP contribution is -2.09. The molecule has 3 nitrogen and oxygen atoms in total. The van der Waals surface area contributed by atoms with Gasteiger partial charge in [-0.2, -0.15) is 5.26 Å². The van der Waals surface area contributed by atoms with Crippen molar-refractivity contribution in [2.75, 3.05) is 5.73 Å². The summed E-state index contributed by atoms with van der Waals surface area (Å²) in [5, 5.41) is 8.45. The molecule has 68 valence electrons. The summed E-state index contributed by atoms with van der Waals surface area (Å²) in [6, 6.07) is 5.65. The van der Waals surface area contributed by atoms with Crippen LogP contribution in [0.3, 0.4) is 0 Å². The SMILES string of the molecule is C[C@H](C#N)Oc1cc(F)ccc1N. The van der Waals surface area contributed by atoms with Gasteiger partial charge in [0.1, 0.15) is 17.6 Å². The van der Waals surface area contributed by atoms with Crippen LogP contribution in [-0.2, 0) is 0 Å². The molecular formula is C9H9FN2O. The van der Waals surface area contributed by atoms with E-state index in [2.05, 4.69) is 0 Å². The van der Waals surface area contributed by atoms with Crippen molar-refractivity contribution in [3.8, 4) is 11.8 Å². The first-order chi connectivity index (χ1) is 6.13. The van der Waals surface area contributed by atoms with Crippen LogP contribution in [0.2, 0.25) is 0 Å². The fourth-order valence-corrected chi connectivity index (χ4v) is 0.827. The van der Waals surface area contributed by atoms with Crippen LogP contribution in [0.15, 0.2) is 18.2 Å². The average Bonchev–Trinajstić information content (AvgIpc) is 2.11. The molecule has 0 saturated heterocycles. The van der Waals surface area contributed by atoms with Crippen molar-refractivity contribution in [1.82, 2.24) is 0 Å². The highest BCUT2D eigenvalue weighted by atomic mass is 19.1. The maximum absolute atomic E-state index is 12.7. The average molecular weight is 180 g/mol. The van der Waals surface area contributed by atoms with Gasteiger partial charge in [-0.3, -0.25) is 0 Å². The van der Waals surface area contributed by atoms with Crippen molar-refractivity contribution in [2.24, 2.45) is 0 Å². The molecule has 4 heteroatoms. The number of rotatable bonds is 2.